The zero-order valence-electron chi connectivity index (χ0n) is 12.0. The highest BCUT2D eigenvalue weighted by Gasteiger charge is 2.39. The molecule has 0 radical (unpaired) electrons. The van der Waals surface area contributed by atoms with Gasteiger partial charge in [-0.3, -0.25) is 0 Å². The molecule has 1 rings (SSSR count). The topological polar surface area (TPSA) is 29.3 Å². The first kappa shape index (κ1) is 14.0. The predicted octanol–water partition coefficient (Wildman–Crippen LogP) is 2.73. The Balaban J connectivity index is 2.50. The molecular formula is C14H30N2. The number of nitrogens with two attached hydrogens (primary N) is 1. The third kappa shape index (κ3) is 2.98. The second-order valence-corrected chi connectivity index (χ2v) is 6.74. The largest absolute Gasteiger partial charge is 0.327 e. The Labute approximate surface area is 102 Å². The zero-order valence-corrected chi connectivity index (χ0v) is 12.0. The summed E-state index contributed by atoms with van der Waals surface area (Å²) in [6.45, 7) is 12.7. The summed E-state index contributed by atoms with van der Waals surface area (Å²) in [7, 11) is 2.24. The fourth-order valence-corrected chi connectivity index (χ4v) is 2.79. The van der Waals surface area contributed by atoms with Gasteiger partial charge < -0.3 is 10.6 Å². The monoisotopic (exact) mass is 226 g/mol. The van der Waals surface area contributed by atoms with E-state index in [1.54, 1.807) is 0 Å². The Morgan fingerprint density at radius 2 is 1.88 bits per heavy atom. The van der Waals surface area contributed by atoms with E-state index >= 15 is 0 Å². The standard InChI is InChI=1S/C14H30N2/c1-10(2)11(3)16(6)9-12-7-8-14(4,5)13(12)15/h10-13H,7-9,15H2,1-6H3. The molecule has 1 aliphatic rings. The van der Waals surface area contributed by atoms with Gasteiger partial charge in [0.05, 0.1) is 0 Å². The van der Waals surface area contributed by atoms with E-state index in [0.717, 1.165) is 12.5 Å². The van der Waals surface area contributed by atoms with Gasteiger partial charge in [0, 0.05) is 18.6 Å². The minimum Gasteiger partial charge on any atom is -0.327 e. The van der Waals surface area contributed by atoms with Crippen LogP contribution in [0.2, 0.25) is 0 Å². The molecule has 2 heteroatoms. The molecule has 1 aliphatic carbocycles. The van der Waals surface area contributed by atoms with Crippen molar-refractivity contribution in [2.75, 3.05) is 13.6 Å². The number of hydrogen-bond donors (Lipinski definition) is 1. The lowest BCUT2D eigenvalue weighted by Crippen LogP contribution is -2.44. The summed E-state index contributed by atoms with van der Waals surface area (Å²) < 4.78 is 0. The van der Waals surface area contributed by atoms with Gasteiger partial charge in [-0.25, -0.2) is 0 Å². The van der Waals surface area contributed by atoms with Crippen LogP contribution >= 0.6 is 0 Å². The number of hydrogen-bond acceptors (Lipinski definition) is 2. The summed E-state index contributed by atoms with van der Waals surface area (Å²) in [5, 5.41) is 0. The van der Waals surface area contributed by atoms with E-state index in [0.29, 0.717) is 23.4 Å². The van der Waals surface area contributed by atoms with Gasteiger partial charge in [0.15, 0.2) is 0 Å². The third-order valence-electron chi connectivity index (χ3n) is 4.75. The van der Waals surface area contributed by atoms with Gasteiger partial charge in [0.25, 0.3) is 0 Å². The van der Waals surface area contributed by atoms with Gasteiger partial charge >= 0.3 is 0 Å². The molecule has 0 aliphatic heterocycles. The van der Waals surface area contributed by atoms with Crippen molar-refractivity contribution in [3.63, 3.8) is 0 Å². The van der Waals surface area contributed by atoms with Crippen LogP contribution in [0.1, 0.15) is 47.5 Å². The molecule has 1 fully saturated rings. The minimum atomic E-state index is 0.340. The van der Waals surface area contributed by atoms with Crippen molar-refractivity contribution in [3.8, 4) is 0 Å². The van der Waals surface area contributed by atoms with Crippen molar-refractivity contribution >= 4 is 0 Å². The van der Waals surface area contributed by atoms with E-state index in [2.05, 4.69) is 46.6 Å². The highest BCUT2D eigenvalue weighted by atomic mass is 15.1. The fourth-order valence-electron chi connectivity index (χ4n) is 2.79. The Morgan fingerprint density at radius 1 is 1.31 bits per heavy atom. The van der Waals surface area contributed by atoms with Crippen LogP contribution in [0.25, 0.3) is 0 Å². The fraction of sp³-hybridized carbons (Fsp3) is 1.00. The summed E-state index contributed by atoms with van der Waals surface area (Å²) in [6, 6.07) is 1.02. The summed E-state index contributed by atoms with van der Waals surface area (Å²) >= 11 is 0. The van der Waals surface area contributed by atoms with E-state index in [-0.39, 0.29) is 0 Å². The lowest BCUT2D eigenvalue weighted by Gasteiger charge is -2.33. The van der Waals surface area contributed by atoms with Crippen LogP contribution in [0.5, 0.6) is 0 Å². The van der Waals surface area contributed by atoms with Gasteiger partial charge in [-0.1, -0.05) is 27.7 Å². The first-order valence-corrected chi connectivity index (χ1v) is 6.71. The smallest absolute Gasteiger partial charge is 0.0131 e. The number of nitrogens with zero attached hydrogens (tertiary/aromatic N) is 1. The molecule has 2 nitrogen and oxygen atoms in total. The minimum absolute atomic E-state index is 0.340. The molecule has 0 heterocycles. The molecule has 16 heavy (non-hydrogen) atoms. The van der Waals surface area contributed by atoms with Crippen LogP contribution in [0.3, 0.4) is 0 Å². The SMILES string of the molecule is CC(C)C(C)N(C)CC1CCC(C)(C)C1N. The first-order valence-electron chi connectivity index (χ1n) is 6.71. The van der Waals surface area contributed by atoms with E-state index < -0.39 is 0 Å². The van der Waals surface area contributed by atoms with Gasteiger partial charge in [-0.2, -0.15) is 0 Å². The average molecular weight is 226 g/mol. The summed E-state index contributed by atoms with van der Waals surface area (Å²) in [6.07, 6.45) is 2.58. The first-order chi connectivity index (χ1) is 7.25. The Kier molecular flexibility index (Phi) is 4.42. The molecule has 3 unspecified atom stereocenters. The van der Waals surface area contributed by atoms with Crippen LogP contribution < -0.4 is 5.73 Å². The zero-order chi connectivity index (χ0) is 12.5. The van der Waals surface area contributed by atoms with Crippen molar-refractivity contribution in [1.29, 1.82) is 0 Å². The average Bonchev–Trinajstić information content (AvgIpc) is 2.43. The maximum Gasteiger partial charge on any atom is 0.0131 e. The lowest BCUT2D eigenvalue weighted by atomic mass is 9.85. The van der Waals surface area contributed by atoms with Gasteiger partial charge in [-0.15, -0.1) is 0 Å². The molecule has 2 N–H and O–H groups in total. The molecule has 0 saturated heterocycles. The van der Waals surface area contributed by atoms with Crippen molar-refractivity contribution in [2.45, 2.75) is 59.5 Å². The Morgan fingerprint density at radius 3 is 2.25 bits per heavy atom. The molecule has 0 amide bonds. The lowest BCUT2D eigenvalue weighted by molar-refractivity contribution is 0.165. The van der Waals surface area contributed by atoms with E-state index in [1.807, 2.05) is 0 Å². The molecule has 0 aromatic heterocycles. The van der Waals surface area contributed by atoms with Gasteiger partial charge in [-0.05, 0) is 44.1 Å². The molecule has 96 valence electrons. The second-order valence-electron chi connectivity index (χ2n) is 6.74. The van der Waals surface area contributed by atoms with E-state index in [1.165, 1.54) is 12.8 Å². The van der Waals surface area contributed by atoms with Gasteiger partial charge in [0.1, 0.15) is 0 Å². The highest BCUT2D eigenvalue weighted by Crippen LogP contribution is 2.40. The summed E-state index contributed by atoms with van der Waals surface area (Å²) in [4.78, 5) is 2.48. The van der Waals surface area contributed by atoms with E-state index in [9.17, 15) is 0 Å². The predicted molar refractivity (Wildman–Crippen MR) is 71.4 cm³/mol. The molecule has 0 aromatic carbocycles. The molecule has 0 spiro atoms. The van der Waals surface area contributed by atoms with E-state index in [4.69, 9.17) is 5.73 Å². The molecule has 0 bridgehead atoms. The van der Waals surface area contributed by atoms with Crippen LogP contribution in [0.15, 0.2) is 0 Å². The number of rotatable bonds is 4. The van der Waals surface area contributed by atoms with Crippen molar-refractivity contribution in [1.82, 2.24) is 4.90 Å². The normalized spacial score (nSPS) is 31.3. The van der Waals surface area contributed by atoms with Crippen LogP contribution in [-0.2, 0) is 0 Å². The summed E-state index contributed by atoms with van der Waals surface area (Å²) in [5.74, 6) is 1.40. The van der Waals surface area contributed by atoms with Crippen LogP contribution in [0, 0.1) is 17.3 Å². The molecular weight excluding hydrogens is 196 g/mol. The molecule has 1 saturated carbocycles. The van der Waals surface area contributed by atoms with Crippen LogP contribution in [0.4, 0.5) is 0 Å². The van der Waals surface area contributed by atoms with Crippen molar-refractivity contribution in [3.05, 3.63) is 0 Å². The third-order valence-corrected chi connectivity index (χ3v) is 4.75. The highest BCUT2D eigenvalue weighted by molar-refractivity contribution is 4.95. The van der Waals surface area contributed by atoms with Crippen molar-refractivity contribution in [2.24, 2.45) is 23.0 Å². The van der Waals surface area contributed by atoms with Crippen LogP contribution in [-0.4, -0.2) is 30.6 Å². The quantitative estimate of drug-likeness (QED) is 0.798. The van der Waals surface area contributed by atoms with Gasteiger partial charge in [0.2, 0.25) is 0 Å². The second kappa shape index (κ2) is 5.05. The molecule has 0 aromatic rings. The summed E-state index contributed by atoms with van der Waals surface area (Å²) in [5.41, 5.74) is 6.69. The van der Waals surface area contributed by atoms with Crippen molar-refractivity contribution < 1.29 is 0 Å². The Hall–Kier alpha value is -0.0800. The maximum atomic E-state index is 6.35. The molecule has 3 atom stereocenters. The Bertz CT molecular complexity index is 223. The maximum absolute atomic E-state index is 6.35.